The molecule has 2 aliphatic carbocycles. The summed E-state index contributed by atoms with van der Waals surface area (Å²) in [6.45, 7) is 9.61. The number of furan rings is 3. The van der Waals surface area contributed by atoms with Gasteiger partial charge in [0, 0.05) is 71.6 Å². The summed E-state index contributed by atoms with van der Waals surface area (Å²) in [6, 6.07) is 74.2. The highest BCUT2D eigenvalue weighted by molar-refractivity contribution is 6.20. The predicted octanol–water partition coefficient (Wildman–Crippen LogP) is 18.9. The summed E-state index contributed by atoms with van der Waals surface area (Å²) in [6.07, 6.45) is 0. The fraction of sp³-hybridized carbons (Fsp3) is 0.0909. The zero-order chi connectivity index (χ0) is 47.3. The van der Waals surface area contributed by atoms with Crippen LogP contribution in [0.5, 0.6) is 0 Å². The molecule has 2 aliphatic rings. The molecule has 0 bridgehead atoms. The molecule has 0 amide bonds. The van der Waals surface area contributed by atoms with Crippen LogP contribution in [0.2, 0.25) is 0 Å². The van der Waals surface area contributed by atoms with Gasteiger partial charge in [-0.2, -0.15) is 0 Å². The first kappa shape index (κ1) is 40.1. The number of hydrogen-bond acceptors (Lipinski definition) is 5. The van der Waals surface area contributed by atoms with Crippen molar-refractivity contribution in [3.8, 4) is 22.3 Å². The first-order valence-electron chi connectivity index (χ1n) is 24.6. The lowest BCUT2D eigenvalue weighted by atomic mass is 9.77. The second kappa shape index (κ2) is 14.4. The van der Waals surface area contributed by atoms with Crippen LogP contribution in [0.1, 0.15) is 49.9 Å². The molecular weight excluding hydrogens is 869 g/mol. The minimum absolute atomic E-state index is 0.281. The van der Waals surface area contributed by atoms with Crippen LogP contribution in [-0.2, 0) is 10.8 Å². The quantitative estimate of drug-likeness (QED) is 0.166. The van der Waals surface area contributed by atoms with Gasteiger partial charge in [0.25, 0.3) is 0 Å². The molecule has 0 aliphatic heterocycles. The number of nitrogens with zero attached hydrogens (tertiary/aromatic N) is 2. The van der Waals surface area contributed by atoms with E-state index in [1.165, 1.54) is 44.5 Å². The van der Waals surface area contributed by atoms with Gasteiger partial charge in [-0.3, -0.25) is 0 Å². The van der Waals surface area contributed by atoms with E-state index in [1.54, 1.807) is 0 Å². The molecule has 0 saturated heterocycles. The molecule has 71 heavy (non-hydrogen) atoms. The molecule has 0 N–H and O–H groups in total. The number of anilines is 6. The Morgan fingerprint density at radius 1 is 0.310 bits per heavy atom. The Kier molecular flexibility index (Phi) is 8.13. The van der Waals surface area contributed by atoms with Crippen molar-refractivity contribution in [2.24, 2.45) is 0 Å². The second-order valence-corrected chi connectivity index (χ2v) is 20.4. The molecule has 0 saturated carbocycles. The highest BCUT2D eigenvalue weighted by Gasteiger charge is 2.44. The Morgan fingerprint density at radius 2 is 0.775 bits per heavy atom. The van der Waals surface area contributed by atoms with E-state index < -0.39 is 0 Å². The van der Waals surface area contributed by atoms with Crippen LogP contribution >= 0.6 is 0 Å². The SMILES string of the molecule is CC1(C)c2cc(N(c3ccccc3)c3ccc4oc5ccccc5c4c3)ccc2-c2cc3c(cc21)C(C)(C)c1cc(N(c2ccccc2)c2ccc4oc5ccccc5c4c2)c2oc4ccccc4c2c1-3. The van der Waals surface area contributed by atoms with E-state index in [-0.39, 0.29) is 10.8 Å². The van der Waals surface area contributed by atoms with Gasteiger partial charge in [-0.25, -0.2) is 0 Å². The topological polar surface area (TPSA) is 45.9 Å². The first-order valence-corrected chi connectivity index (χ1v) is 24.6. The van der Waals surface area contributed by atoms with Gasteiger partial charge in [-0.1, -0.05) is 131 Å². The number of fused-ring (bicyclic) bond motifs is 16. The Morgan fingerprint density at radius 3 is 1.41 bits per heavy atom. The summed E-state index contributed by atoms with van der Waals surface area (Å²) in [5, 5.41) is 6.66. The zero-order valence-corrected chi connectivity index (χ0v) is 39.7. The van der Waals surface area contributed by atoms with Crippen LogP contribution in [0, 0.1) is 0 Å². The molecule has 5 heteroatoms. The normalized spacial score (nSPS) is 14.1. The molecule has 338 valence electrons. The van der Waals surface area contributed by atoms with E-state index in [9.17, 15) is 0 Å². The van der Waals surface area contributed by atoms with Gasteiger partial charge < -0.3 is 23.1 Å². The van der Waals surface area contributed by atoms with Gasteiger partial charge in [0.15, 0.2) is 5.58 Å². The number of benzene rings is 10. The lowest BCUT2D eigenvalue weighted by Crippen LogP contribution is -2.19. The summed E-state index contributed by atoms with van der Waals surface area (Å²) >= 11 is 0. The largest absolute Gasteiger partial charge is 0.456 e. The number of rotatable bonds is 6. The lowest BCUT2D eigenvalue weighted by molar-refractivity contribution is 0.639. The summed E-state index contributed by atoms with van der Waals surface area (Å²) in [4.78, 5) is 4.75. The van der Waals surface area contributed by atoms with E-state index in [1.807, 2.05) is 24.3 Å². The fourth-order valence-corrected chi connectivity index (χ4v) is 12.3. The Hall–Kier alpha value is -8.80. The van der Waals surface area contributed by atoms with Crippen molar-refractivity contribution in [2.45, 2.75) is 38.5 Å². The summed E-state index contributed by atoms with van der Waals surface area (Å²) in [5.74, 6) is 0. The maximum absolute atomic E-state index is 7.12. The molecule has 15 rings (SSSR count). The minimum Gasteiger partial charge on any atom is -0.456 e. The van der Waals surface area contributed by atoms with Crippen molar-refractivity contribution in [1.29, 1.82) is 0 Å². The van der Waals surface area contributed by atoms with Gasteiger partial charge in [-0.05, 0) is 148 Å². The smallest absolute Gasteiger partial charge is 0.160 e. The molecule has 3 aromatic heterocycles. The van der Waals surface area contributed by atoms with Gasteiger partial charge in [0.2, 0.25) is 0 Å². The van der Waals surface area contributed by atoms with E-state index >= 15 is 0 Å². The Labute approximate surface area is 410 Å². The van der Waals surface area contributed by atoms with E-state index in [0.717, 1.165) is 99.9 Å². The number of hydrogen-bond donors (Lipinski definition) is 0. The molecule has 0 unspecified atom stereocenters. The predicted molar refractivity (Wildman–Crippen MR) is 293 cm³/mol. The highest BCUT2D eigenvalue weighted by Crippen LogP contribution is 2.60. The minimum atomic E-state index is -0.343. The summed E-state index contributed by atoms with van der Waals surface area (Å²) in [7, 11) is 0. The third-order valence-electron chi connectivity index (χ3n) is 15.8. The van der Waals surface area contributed by atoms with E-state index in [2.05, 4.69) is 219 Å². The van der Waals surface area contributed by atoms with Gasteiger partial charge in [0.1, 0.15) is 27.9 Å². The van der Waals surface area contributed by atoms with Crippen LogP contribution in [0.4, 0.5) is 34.1 Å². The van der Waals surface area contributed by atoms with Crippen molar-refractivity contribution in [3.05, 3.63) is 229 Å². The van der Waals surface area contributed by atoms with Crippen LogP contribution in [0.3, 0.4) is 0 Å². The molecular formula is C66H46N2O3. The summed E-state index contributed by atoms with van der Waals surface area (Å²) < 4.78 is 19.7. The van der Waals surface area contributed by atoms with Crippen molar-refractivity contribution in [3.63, 3.8) is 0 Å². The maximum Gasteiger partial charge on any atom is 0.160 e. The fourth-order valence-electron chi connectivity index (χ4n) is 12.3. The maximum atomic E-state index is 7.12. The number of para-hydroxylation sites is 5. The van der Waals surface area contributed by atoms with E-state index in [4.69, 9.17) is 13.3 Å². The highest BCUT2D eigenvalue weighted by atomic mass is 16.3. The average molecular weight is 915 g/mol. The molecule has 0 atom stereocenters. The van der Waals surface area contributed by atoms with Crippen LogP contribution in [-0.4, -0.2) is 0 Å². The first-order chi connectivity index (χ1) is 34.7. The van der Waals surface area contributed by atoms with Crippen LogP contribution < -0.4 is 9.80 Å². The monoisotopic (exact) mass is 914 g/mol. The molecule has 5 nitrogen and oxygen atoms in total. The van der Waals surface area contributed by atoms with Crippen molar-refractivity contribution < 1.29 is 13.3 Å². The molecule has 13 aromatic rings. The molecule has 0 radical (unpaired) electrons. The van der Waals surface area contributed by atoms with Gasteiger partial charge in [-0.15, -0.1) is 0 Å². The molecule has 10 aromatic carbocycles. The lowest BCUT2D eigenvalue weighted by Gasteiger charge is -2.29. The third kappa shape index (κ3) is 5.63. The molecule has 0 fully saturated rings. The molecule has 0 spiro atoms. The van der Waals surface area contributed by atoms with Crippen molar-refractivity contribution in [1.82, 2.24) is 0 Å². The summed E-state index contributed by atoms with van der Waals surface area (Å²) in [5.41, 5.74) is 21.4. The second-order valence-electron chi connectivity index (χ2n) is 20.4. The average Bonchev–Trinajstić information content (AvgIpc) is 4.18. The zero-order valence-electron chi connectivity index (χ0n) is 39.7. The van der Waals surface area contributed by atoms with Gasteiger partial charge in [0.05, 0.1) is 5.69 Å². The van der Waals surface area contributed by atoms with E-state index in [0.29, 0.717) is 0 Å². The van der Waals surface area contributed by atoms with Gasteiger partial charge >= 0.3 is 0 Å². The molecule has 3 heterocycles. The van der Waals surface area contributed by atoms with Crippen molar-refractivity contribution in [2.75, 3.05) is 9.80 Å². The Balaban J connectivity index is 0.923. The van der Waals surface area contributed by atoms with Crippen LogP contribution in [0.25, 0.3) is 88.1 Å². The Bertz CT molecular complexity index is 4360. The van der Waals surface area contributed by atoms with Crippen LogP contribution in [0.15, 0.2) is 220 Å². The standard InChI is InChI=1S/C66H46N2O3/c1-65(2)52-35-43(67(39-17-7-5-8-18-39)41-28-31-60-49(33-41)45-21-11-14-24-57(45)69-60)27-30-44(52)48-36-51-54(37-53(48)65)66(3,4)55-38-56(64-63(62(51)55)47-23-13-16-26-59(47)71-64)68(40-19-9-6-10-20-40)42-29-32-61-50(34-42)46-22-12-15-25-58(46)70-61/h5-38H,1-4H3. The third-order valence-corrected chi connectivity index (χ3v) is 15.8. The van der Waals surface area contributed by atoms with Crippen molar-refractivity contribution >= 4 is 99.9 Å².